The minimum atomic E-state index is -0.679. The molecule has 0 radical (unpaired) electrons. The quantitative estimate of drug-likeness (QED) is 0.477. The number of nitrogens with one attached hydrogen (secondary N) is 1. The molecule has 1 atom stereocenters. The van der Waals surface area contributed by atoms with E-state index in [-0.39, 0.29) is 18.2 Å². The van der Waals surface area contributed by atoms with Crippen LogP contribution >= 0.6 is 12.2 Å². The molecule has 1 aromatic heterocycles. The van der Waals surface area contributed by atoms with Gasteiger partial charge in [0.25, 0.3) is 5.91 Å². The smallest absolute Gasteiger partial charge is 0.252 e. The molecule has 0 unspecified atom stereocenters. The number of rotatable bonds is 9. The molecule has 1 N–H and O–H groups in total. The van der Waals surface area contributed by atoms with Crippen molar-refractivity contribution >= 4 is 34.8 Å². The first-order valence-electron chi connectivity index (χ1n) is 11.0. The number of carbonyl (C=O) groups excluding carboxylic acids is 2. The van der Waals surface area contributed by atoms with Crippen molar-refractivity contribution in [1.82, 2.24) is 14.8 Å². The van der Waals surface area contributed by atoms with E-state index in [2.05, 4.69) is 10.3 Å². The van der Waals surface area contributed by atoms with E-state index in [9.17, 15) is 9.59 Å². The summed E-state index contributed by atoms with van der Waals surface area (Å²) in [5, 5.41) is 3.30. The molecule has 2 heterocycles. The highest BCUT2D eigenvalue weighted by Gasteiger charge is 2.43. The summed E-state index contributed by atoms with van der Waals surface area (Å²) in [7, 11) is 1.59. The number of methoxy groups -OCH3 is 1. The zero-order valence-electron chi connectivity index (χ0n) is 18.9. The SMILES string of the molecule is COc1ccc(NC(=O)C[C@H]2C(=O)N(CCc3ccccc3)C(=S)N2Cc2cccnc2)cc1. The van der Waals surface area contributed by atoms with Crippen molar-refractivity contribution in [3.63, 3.8) is 0 Å². The average Bonchev–Trinajstić information content (AvgIpc) is 3.08. The van der Waals surface area contributed by atoms with Crippen LogP contribution in [-0.2, 0) is 22.6 Å². The number of hydrogen-bond donors (Lipinski definition) is 1. The lowest BCUT2D eigenvalue weighted by Gasteiger charge is -2.24. The van der Waals surface area contributed by atoms with Crippen molar-refractivity contribution < 1.29 is 14.3 Å². The van der Waals surface area contributed by atoms with Gasteiger partial charge in [0.2, 0.25) is 5.91 Å². The molecule has 0 spiro atoms. The van der Waals surface area contributed by atoms with Crippen LogP contribution in [0.5, 0.6) is 5.75 Å². The van der Waals surface area contributed by atoms with Gasteiger partial charge in [0.05, 0.1) is 13.5 Å². The summed E-state index contributed by atoms with van der Waals surface area (Å²) in [6.07, 6.45) is 4.11. The van der Waals surface area contributed by atoms with Crippen LogP contribution in [0, 0.1) is 0 Å². The Labute approximate surface area is 204 Å². The van der Waals surface area contributed by atoms with Crippen LogP contribution in [0.4, 0.5) is 5.69 Å². The second-order valence-electron chi connectivity index (χ2n) is 7.99. The van der Waals surface area contributed by atoms with Gasteiger partial charge in [0.15, 0.2) is 5.11 Å². The van der Waals surface area contributed by atoms with Crippen LogP contribution in [0.25, 0.3) is 0 Å². The molecule has 7 nitrogen and oxygen atoms in total. The normalized spacial score (nSPS) is 15.5. The van der Waals surface area contributed by atoms with Crippen molar-refractivity contribution in [3.05, 3.63) is 90.3 Å². The maximum Gasteiger partial charge on any atom is 0.252 e. The van der Waals surface area contributed by atoms with Crippen LogP contribution in [-0.4, -0.2) is 51.4 Å². The minimum Gasteiger partial charge on any atom is -0.497 e. The molecule has 2 aromatic carbocycles. The van der Waals surface area contributed by atoms with Gasteiger partial charge in [-0.1, -0.05) is 36.4 Å². The van der Waals surface area contributed by atoms with Crippen molar-refractivity contribution in [2.24, 2.45) is 0 Å². The molecule has 0 saturated carbocycles. The van der Waals surface area contributed by atoms with E-state index in [0.29, 0.717) is 36.1 Å². The molecular weight excluding hydrogens is 448 g/mol. The summed E-state index contributed by atoms with van der Waals surface area (Å²) in [4.78, 5) is 33.9. The van der Waals surface area contributed by atoms with Gasteiger partial charge in [-0.15, -0.1) is 0 Å². The molecule has 174 valence electrons. The third-order valence-corrected chi connectivity index (χ3v) is 6.15. The first-order valence-corrected chi connectivity index (χ1v) is 11.4. The number of benzene rings is 2. The fourth-order valence-corrected chi connectivity index (χ4v) is 4.29. The highest BCUT2D eigenvalue weighted by molar-refractivity contribution is 7.80. The Hall–Kier alpha value is -3.78. The zero-order chi connectivity index (χ0) is 23.9. The lowest BCUT2D eigenvalue weighted by Crippen LogP contribution is -2.37. The second-order valence-corrected chi connectivity index (χ2v) is 8.36. The lowest BCUT2D eigenvalue weighted by atomic mass is 10.1. The number of hydrogen-bond acceptors (Lipinski definition) is 5. The molecule has 1 aliphatic rings. The van der Waals surface area contributed by atoms with Crippen molar-refractivity contribution in [1.29, 1.82) is 0 Å². The van der Waals surface area contributed by atoms with Crippen molar-refractivity contribution in [2.75, 3.05) is 19.0 Å². The van der Waals surface area contributed by atoms with Gasteiger partial charge >= 0.3 is 0 Å². The number of aromatic nitrogens is 1. The molecular formula is C26H26N4O3S. The number of pyridine rings is 1. The number of anilines is 1. The lowest BCUT2D eigenvalue weighted by molar-refractivity contribution is -0.130. The van der Waals surface area contributed by atoms with Crippen LogP contribution in [0.3, 0.4) is 0 Å². The van der Waals surface area contributed by atoms with E-state index in [0.717, 1.165) is 11.1 Å². The number of ether oxygens (including phenoxy) is 1. The Kier molecular flexibility index (Phi) is 7.49. The Morgan fingerprint density at radius 1 is 1.06 bits per heavy atom. The van der Waals surface area contributed by atoms with E-state index in [1.165, 1.54) is 0 Å². The third-order valence-electron chi connectivity index (χ3n) is 5.70. The molecule has 0 aliphatic carbocycles. The molecule has 2 amide bonds. The van der Waals surface area contributed by atoms with Crippen LogP contribution in [0.15, 0.2) is 79.1 Å². The first kappa shape index (κ1) is 23.4. The number of nitrogens with zero attached hydrogens (tertiary/aromatic N) is 3. The Balaban J connectivity index is 1.49. The largest absolute Gasteiger partial charge is 0.497 e. The van der Waals surface area contributed by atoms with E-state index >= 15 is 0 Å². The van der Waals surface area contributed by atoms with E-state index in [1.807, 2.05) is 47.4 Å². The van der Waals surface area contributed by atoms with Gasteiger partial charge in [-0.05, 0) is 60.1 Å². The Bertz CT molecular complexity index is 1140. The predicted octanol–water partition coefficient (Wildman–Crippen LogP) is 3.66. The molecule has 1 fully saturated rings. The van der Waals surface area contributed by atoms with E-state index in [1.54, 1.807) is 48.7 Å². The molecule has 4 rings (SSSR count). The highest BCUT2D eigenvalue weighted by Crippen LogP contribution is 2.24. The number of thiocarbonyl (C=S) groups is 1. The Morgan fingerprint density at radius 3 is 2.47 bits per heavy atom. The summed E-state index contributed by atoms with van der Waals surface area (Å²) in [6, 6.07) is 20.1. The molecule has 0 bridgehead atoms. The summed E-state index contributed by atoms with van der Waals surface area (Å²) < 4.78 is 5.16. The topological polar surface area (TPSA) is 74.8 Å². The van der Waals surface area contributed by atoms with Crippen LogP contribution in [0.1, 0.15) is 17.5 Å². The molecule has 1 saturated heterocycles. The fourth-order valence-electron chi connectivity index (χ4n) is 3.91. The summed E-state index contributed by atoms with van der Waals surface area (Å²) in [6.45, 7) is 0.864. The molecule has 3 aromatic rings. The van der Waals surface area contributed by atoms with Gasteiger partial charge in [0.1, 0.15) is 11.8 Å². The third kappa shape index (κ3) is 5.58. The van der Waals surface area contributed by atoms with Gasteiger partial charge in [-0.3, -0.25) is 19.5 Å². The molecule has 1 aliphatic heterocycles. The summed E-state index contributed by atoms with van der Waals surface area (Å²) in [5.74, 6) is 0.285. The maximum atomic E-state index is 13.4. The van der Waals surface area contributed by atoms with Crippen molar-refractivity contribution in [2.45, 2.75) is 25.4 Å². The van der Waals surface area contributed by atoms with Gasteiger partial charge in [-0.2, -0.15) is 0 Å². The minimum absolute atomic E-state index is 0.00684. The standard InChI is InChI=1S/C26H26N4O3S/c1-33-22-11-9-21(10-12-22)28-24(31)16-23-25(32)29(15-13-19-6-3-2-4-7-19)26(34)30(23)18-20-8-5-14-27-17-20/h2-12,14,17,23H,13,15-16,18H2,1H3,(H,28,31)/t23-/m0/s1. The number of carbonyl (C=O) groups is 2. The molecule has 34 heavy (non-hydrogen) atoms. The monoisotopic (exact) mass is 474 g/mol. The zero-order valence-corrected chi connectivity index (χ0v) is 19.7. The Morgan fingerprint density at radius 2 is 1.79 bits per heavy atom. The average molecular weight is 475 g/mol. The first-order chi connectivity index (χ1) is 16.5. The summed E-state index contributed by atoms with van der Waals surface area (Å²) >= 11 is 5.71. The van der Waals surface area contributed by atoms with Crippen LogP contribution < -0.4 is 10.1 Å². The van der Waals surface area contributed by atoms with E-state index < -0.39 is 6.04 Å². The van der Waals surface area contributed by atoms with Crippen LogP contribution in [0.2, 0.25) is 0 Å². The predicted molar refractivity (Wildman–Crippen MR) is 134 cm³/mol. The number of amides is 2. The van der Waals surface area contributed by atoms with E-state index in [4.69, 9.17) is 17.0 Å². The van der Waals surface area contributed by atoms with Crippen molar-refractivity contribution in [3.8, 4) is 5.75 Å². The van der Waals surface area contributed by atoms with Gasteiger partial charge < -0.3 is 15.0 Å². The fraction of sp³-hybridized carbons (Fsp3) is 0.231. The maximum absolute atomic E-state index is 13.4. The summed E-state index contributed by atoms with van der Waals surface area (Å²) in [5.41, 5.74) is 2.68. The highest BCUT2D eigenvalue weighted by atomic mass is 32.1. The molecule has 8 heteroatoms. The van der Waals surface area contributed by atoms with Gasteiger partial charge in [0, 0.05) is 31.2 Å². The van der Waals surface area contributed by atoms with Gasteiger partial charge in [-0.25, -0.2) is 0 Å². The second kappa shape index (κ2) is 10.9.